The number of ether oxygens (including phenoxy) is 1. The average Bonchev–Trinajstić information content (AvgIpc) is 3.22. The summed E-state index contributed by atoms with van der Waals surface area (Å²) in [6.07, 6.45) is 8.45. The number of methoxy groups -OCH3 is 1. The van der Waals surface area contributed by atoms with Crippen molar-refractivity contribution in [2.45, 2.75) is 25.7 Å². The molecule has 0 saturated carbocycles. The number of fused-ring (bicyclic) bond motifs is 1. The minimum atomic E-state index is -0.159. The number of nitrogens with one attached hydrogen (secondary N) is 1. The Hall–Kier alpha value is -3.33. The molecule has 3 aromatic heterocycles. The Kier molecular flexibility index (Phi) is 6.22. The van der Waals surface area contributed by atoms with Gasteiger partial charge in [-0.3, -0.25) is 14.6 Å². The molecule has 0 radical (unpaired) electrons. The van der Waals surface area contributed by atoms with Gasteiger partial charge in [0.05, 0.1) is 18.4 Å². The fourth-order valence-electron chi connectivity index (χ4n) is 3.82. The molecule has 1 N–H and O–H groups in total. The SMILES string of the molecule is COCCNC(=O)c1ccc(C2CCN(C(=O)c3cnn4cc(C)cnc34)CC2)nc1. The standard InChI is InChI=1S/C22H26N6O3/c1-15-11-25-20-18(13-26-28(20)14-15)22(30)27-8-5-16(6-9-27)19-4-3-17(12-24-19)21(29)23-7-10-31-2/h3-4,11-14,16H,5-10H2,1-2H3,(H,23,29). The molecule has 1 aliphatic heterocycles. The Bertz CT molecular complexity index is 1070. The number of aryl methyl sites for hydroxylation is 1. The predicted molar refractivity (Wildman–Crippen MR) is 114 cm³/mol. The number of aromatic nitrogens is 4. The number of likely N-dealkylation sites (tertiary alicyclic amines) is 1. The number of amides is 2. The van der Waals surface area contributed by atoms with E-state index in [1.807, 2.05) is 24.1 Å². The van der Waals surface area contributed by atoms with Crippen molar-refractivity contribution in [1.82, 2.24) is 29.8 Å². The van der Waals surface area contributed by atoms with Crippen LogP contribution < -0.4 is 5.32 Å². The summed E-state index contributed by atoms with van der Waals surface area (Å²) in [6.45, 7) is 4.17. The lowest BCUT2D eigenvalue weighted by Gasteiger charge is -2.31. The van der Waals surface area contributed by atoms with Gasteiger partial charge in [0.2, 0.25) is 0 Å². The molecule has 162 valence electrons. The zero-order valence-corrected chi connectivity index (χ0v) is 17.7. The molecular formula is C22H26N6O3. The fraction of sp³-hybridized carbons (Fsp3) is 0.409. The van der Waals surface area contributed by atoms with Crippen molar-refractivity contribution in [2.75, 3.05) is 33.4 Å². The molecule has 4 heterocycles. The highest BCUT2D eigenvalue weighted by atomic mass is 16.5. The lowest BCUT2D eigenvalue weighted by molar-refractivity contribution is 0.0713. The first-order valence-corrected chi connectivity index (χ1v) is 10.4. The molecule has 9 heteroatoms. The van der Waals surface area contributed by atoms with Gasteiger partial charge in [0.15, 0.2) is 5.65 Å². The van der Waals surface area contributed by atoms with Crippen molar-refractivity contribution >= 4 is 17.5 Å². The highest BCUT2D eigenvalue weighted by Crippen LogP contribution is 2.28. The van der Waals surface area contributed by atoms with Crippen molar-refractivity contribution in [1.29, 1.82) is 0 Å². The Morgan fingerprint density at radius 1 is 1.16 bits per heavy atom. The number of hydrogen-bond donors (Lipinski definition) is 1. The van der Waals surface area contributed by atoms with Crippen LogP contribution in [0.2, 0.25) is 0 Å². The number of rotatable bonds is 6. The summed E-state index contributed by atoms with van der Waals surface area (Å²) in [6, 6.07) is 3.71. The van der Waals surface area contributed by atoms with Gasteiger partial charge < -0.3 is 15.0 Å². The van der Waals surface area contributed by atoms with Crippen LogP contribution in [0.4, 0.5) is 0 Å². The average molecular weight is 422 g/mol. The van der Waals surface area contributed by atoms with E-state index >= 15 is 0 Å². The zero-order valence-electron chi connectivity index (χ0n) is 17.7. The Balaban J connectivity index is 1.36. The van der Waals surface area contributed by atoms with Gasteiger partial charge in [-0.1, -0.05) is 0 Å². The molecule has 0 spiro atoms. The Morgan fingerprint density at radius 2 is 1.97 bits per heavy atom. The summed E-state index contributed by atoms with van der Waals surface area (Å²) in [4.78, 5) is 35.8. The largest absolute Gasteiger partial charge is 0.383 e. The van der Waals surface area contributed by atoms with Gasteiger partial charge in [0.25, 0.3) is 11.8 Å². The van der Waals surface area contributed by atoms with Crippen LogP contribution >= 0.6 is 0 Å². The molecule has 3 aromatic rings. The summed E-state index contributed by atoms with van der Waals surface area (Å²) in [5, 5.41) is 7.05. The molecule has 31 heavy (non-hydrogen) atoms. The summed E-state index contributed by atoms with van der Waals surface area (Å²) < 4.78 is 6.58. The second kappa shape index (κ2) is 9.22. The molecule has 0 atom stereocenters. The molecule has 0 aliphatic carbocycles. The van der Waals surface area contributed by atoms with Gasteiger partial charge in [0, 0.05) is 56.9 Å². The van der Waals surface area contributed by atoms with E-state index in [-0.39, 0.29) is 17.7 Å². The lowest BCUT2D eigenvalue weighted by atomic mass is 9.92. The summed E-state index contributed by atoms with van der Waals surface area (Å²) in [7, 11) is 1.59. The molecule has 0 unspecified atom stereocenters. The first-order valence-electron chi connectivity index (χ1n) is 10.4. The van der Waals surface area contributed by atoms with Gasteiger partial charge in [-0.05, 0) is 37.5 Å². The molecular weight excluding hydrogens is 396 g/mol. The minimum absolute atomic E-state index is 0.0409. The van der Waals surface area contributed by atoms with Crippen LogP contribution in [0.15, 0.2) is 36.9 Å². The number of nitrogens with zero attached hydrogens (tertiary/aromatic N) is 5. The number of piperidine rings is 1. The third kappa shape index (κ3) is 4.56. The first kappa shape index (κ1) is 20.9. The number of carbonyl (C=O) groups excluding carboxylic acids is 2. The van der Waals surface area contributed by atoms with Gasteiger partial charge in [-0.25, -0.2) is 9.50 Å². The molecule has 4 rings (SSSR count). The van der Waals surface area contributed by atoms with E-state index in [1.165, 1.54) is 0 Å². The van der Waals surface area contributed by atoms with Gasteiger partial charge in [-0.2, -0.15) is 5.10 Å². The monoisotopic (exact) mass is 422 g/mol. The maximum absolute atomic E-state index is 13.0. The third-order valence-electron chi connectivity index (χ3n) is 5.56. The zero-order chi connectivity index (χ0) is 21.8. The van der Waals surface area contributed by atoms with Crippen LogP contribution in [-0.4, -0.2) is 69.6 Å². The molecule has 1 saturated heterocycles. The van der Waals surface area contributed by atoms with E-state index in [1.54, 1.807) is 36.3 Å². The number of pyridine rings is 1. The van der Waals surface area contributed by atoms with Gasteiger partial charge in [0.1, 0.15) is 5.56 Å². The highest BCUT2D eigenvalue weighted by Gasteiger charge is 2.27. The molecule has 2 amide bonds. The Labute approximate surface area is 180 Å². The van der Waals surface area contributed by atoms with E-state index in [4.69, 9.17) is 4.74 Å². The van der Waals surface area contributed by atoms with Crippen molar-refractivity contribution in [3.05, 3.63) is 59.3 Å². The molecule has 1 aliphatic rings. The van der Waals surface area contributed by atoms with E-state index in [0.29, 0.717) is 43.0 Å². The van der Waals surface area contributed by atoms with Gasteiger partial charge in [-0.15, -0.1) is 0 Å². The lowest BCUT2D eigenvalue weighted by Crippen LogP contribution is -2.38. The normalized spacial score (nSPS) is 14.7. The summed E-state index contributed by atoms with van der Waals surface area (Å²) >= 11 is 0. The van der Waals surface area contributed by atoms with Crippen LogP contribution in [0.5, 0.6) is 0 Å². The van der Waals surface area contributed by atoms with E-state index < -0.39 is 0 Å². The summed E-state index contributed by atoms with van der Waals surface area (Å²) in [5.74, 6) is 0.0638. The number of hydrogen-bond acceptors (Lipinski definition) is 6. The molecule has 9 nitrogen and oxygen atoms in total. The van der Waals surface area contributed by atoms with Gasteiger partial charge >= 0.3 is 0 Å². The fourth-order valence-corrected chi connectivity index (χ4v) is 3.82. The third-order valence-corrected chi connectivity index (χ3v) is 5.56. The van der Waals surface area contributed by atoms with Crippen LogP contribution in [0, 0.1) is 6.92 Å². The smallest absolute Gasteiger partial charge is 0.259 e. The quantitative estimate of drug-likeness (QED) is 0.608. The van der Waals surface area contributed by atoms with Crippen LogP contribution in [-0.2, 0) is 4.74 Å². The highest BCUT2D eigenvalue weighted by molar-refractivity contribution is 5.99. The maximum Gasteiger partial charge on any atom is 0.259 e. The van der Waals surface area contributed by atoms with E-state index in [9.17, 15) is 9.59 Å². The number of carbonyl (C=O) groups is 2. The minimum Gasteiger partial charge on any atom is -0.383 e. The van der Waals surface area contributed by atoms with Crippen LogP contribution in [0.1, 0.15) is 50.7 Å². The molecule has 1 fully saturated rings. The van der Waals surface area contributed by atoms with E-state index in [2.05, 4.69) is 20.4 Å². The second-order valence-electron chi connectivity index (χ2n) is 7.74. The predicted octanol–water partition coefficient (Wildman–Crippen LogP) is 1.83. The van der Waals surface area contributed by atoms with Crippen molar-refractivity contribution in [2.24, 2.45) is 0 Å². The second-order valence-corrected chi connectivity index (χ2v) is 7.74. The molecule has 0 aromatic carbocycles. The topological polar surface area (TPSA) is 102 Å². The van der Waals surface area contributed by atoms with Crippen molar-refractivity contribution < 1.29 is 14.3 Å². The summed E-state index contributed by atoms with van der Waals surface area (Å²) in [5.41, 5.74) is 3.58. The van der Waals surface area contributed by atoms with Crippen molar-refractivity contribution in [3.63, 3.8) is 0 Å². The van der Waals surface area contributed by atoms with E-state index in [0.717, 1.165) is 24.1 Å². The first-order chi connectivity index (χ1) is 15.1. The van der Waals surface area contributed by atoms with Crippen LogP contribution in [0.25, 0.3) is 5.65 Å². The van der Waals surface area contributed by atoms with Crippen LogP contribution in [0.3, 0.4) is 0 Å². The Morgan fingerprint density at radius 3 is 2.68 bits per heavy atom. The maximum atomic E-state index is 13.0. The van der Waals surface area contributed by atoms with Crippen molar-refractivity contribution in [3.8, 4) is 0 Å². The molecule has 0 bridgehead atoms.